The van der Waals surface area contributed by atoms with Crippen molar-refractivity contribution in [2.75, 3.05) is 19.8 Å². The second-order valence-electron chi connectivity index (χ2n) is 5.25. The van der Waals surface area contributed by atoms with Gasteiger partial charge in [0.1, 0.15) is 11.3 Å². The molecule has 0 saturated heterocycles. The van der Waals surface area contributed by atoms with E-state index in [4.69, 9.17) is 18.6 Å². The van der Waals surface area contributed by atoms with E-state index in [1.165, 1.54) is 12.1 Å². The summed E-state index contributed by atoms with van der Waals surface area (Å²) >= 11 is 0. The molecule has 0 atom stereocenters. The summed E-state index contributed by atoms with van der Waals surface area (Å²) in [5.41, 5.74) is -0.208. The molecule has 0 bridgehead atoms. The average molecular weight is 377 g/mol. The number of carbonyl (C=O) groups is 3. The molecule has 27 heavy (non-hydrogen) atoms. The van der Waals surface area contributed by atoms with Crippen LogP contribution in [0.25, 0.3) is 11.0 Å². The van der Waals surface area contributed by atoms with Gasteiger partial charge in [-0.2, -0.15) is 0 Å². The highest BCUT2D eigenvalue weighted by Gasteiger charge is 2.31. The number of rotatable bonds is 8. The Kier molecular flexibility index (Phi) is 6.93. The first-order valence-corrected chi connectivity index (χ1v) is 8.24. The summed E-state index contributed by atoms with van der Waals surface area (Å²) < 4.78 is 19.9. The molecule has 9 heteroatoms. The lowest BCUT2D eigenvalue weighted by Gasteiger charge is -2.16. The molecule has 0 unspecified atom stereocenters. The predicted molar refractivity (Wildman–Crippen MR) is 93.2 cm³/mol. The highest BCUT2D eigenvalue weighted by molar-refractivity contribution is 6.02. The number of nitrogens with one attached hydrogen (secondary N) is 1. The van der Waals surface area contributed by atoms with Crippen molar-refractivity contribution >= 4 is 28.8 Å². The zero-order valence-electron chi connectivity index (χ0n) is 14.9. The molecule has 1 N–H and O–H groups in total. The van der Waals surface area contributed by atoms with Crippen LogP contribution in [0.1, 0.15) is 13.8 Å². The molecular weight excluding hydrogens is 358 g/mol. The Morgan fingerprint density at radius 1 is 1.04 bits per heavy atom. The van der Waals surface area contributed by atoms with Gasteiger partial charge < -0.3 is 23.9 Å². The van der Waals surface area contributed by atoms with Gasteiger partial charge in [0.25, 0.3) is 5.91 Å². The van der Waals surface area contributed by atoms with E-state index in [2.05, 4.69) is 5.32 Å². The van der Waals surface area contributed by atoms with Crippen molar-refractivity contribution in [3.63, 3.8) is 0 Å². The Morgan fingerprint density at radius 3 is 2.30 bits per heavy atom. The number of amides is 1. The molecule has 0 aliphatic rings. The molecular formula is C18H19NO8. The van der Waals surface area contributed by atoms with Gasteiger partial charge in [0, 0.05) is 17.5 Å². The van der Waals surface area contributed by atoms with E-state index in [0.717, 1.165) is 0 Å². The third kappa shape index (κ3) is 5.56. The third-order valence-corrected chi connectivity index (χ3v) is 3.31. The Hall–Kier alpha value is -3.36. The van der Waals surface area contributed by atoms with Crippen molar-refractivity contribution in [3.8, 4) is 5.75 Å². The van der Waals surface area contributed by atoms with Crippen molar-refractivity contribution in [2.45, 2.75) is 19.9 Å². The van der Waals surface area contributed by atoms with E-state index in [-0.39, 0.29) is 19.0 Å². The lowest BCUT2D eigenvalue weighted by atomic mass is 10.2. The maximum absolute atomic E-state index is 12.0. The molecule has 0 aliphatic carbocycles. The SMILES string of the molecule is CCOC(=O)C(NC(=O)COc1ccc2ccc(=O)oc2c1)C(=O)OCC. The minimum Gasteiger partial charge on any atom is -0.484 e. The molecule has 0 aliphatic heterocycles. The van der Waals surface area contributed by atoms with Crippen molar-refractivity contribution in [1.29, 1.82) is 0 Å². The van der Waals surface area contributed by atoms with Crippen molar-refractivity contribution in [2.24, 2.45) is 0 Å². The largest absolute Gasteiger partial charge is 0.484 e. The maximum atomic E-state index is 12.0. The molecule has 0 fully saturated rings. The molecule has 2 rings (SSSR count). The van der Waals surface area contributed by atoms with Gasteiger partial charge in [0.05, 0.1) is 13.2 Å². The van der Waals surface area contributed by atoms with Crippen molar-refractivity contribution in [3.05, 3.63) is 40.8 Å². The second-order valence-corrected chi connectivity index (χ2v) is 5.25. The predicted octanol–water partition coefficient (Wildman–Crippen LogP) is 0.783. The van der Waals surface area contributed by atoms with Crippen LogP contribution in [-0.2, 0) is 23.9 Å². The molecule has 0 radical (unpaired) electrons. The van der Waals surface area contributed by atoms with E-state index in [0.29, 0.717) is 11.0 Å². The zero-order chi connectivity index (χ0) is 19.8. The number of hydrogen-bond acceptors (Lipinski definition) is 8. The number of fused-ring (bicyclic) bond motifs is 1. The summed E-state index contributed by atoms with van der Waals surface area (Å²) in [6, 6.07) is 6.02. The monoisotopic (exact) mass is 377 g/mol. The fourth-order valence-electron chi connectivity index (χ4n) is 2.15. The van der Waals surface area contributed by atoms with E-state index in [9.17, 15) is 19.2 Å². The number of esters is 2. The Labute approximate surface area is 154 Å². The Morgan fingerprint density at radius 2 is 1.67 bits per heavy atom. The summed E-state index contributed by atoms with van der Waals surface area (Å²) in [5.74, 6) is -2.29. The highest BCUT2D eigenvalue weighted by atomic mass is 16.6. The summed E-state index contributed by atoms with van der Waals surface area (Å²) in [4.78, 5) is 46.9. The van der Waals surface area contributed by atoms with Crippen molar-refractivity contribution in [1.82, 2.24) is 5.32 Å². The smallest absolute Gasteiger partial charge is 0.340 e. The minimum absolute atomic E-state index is 0.0450. The molecule has 1 aromatic carbocycles. The summed E-state index contributed by atoms with van der Waals surface area (Å²) in [6.07, 6.45) is 0. The molecule has 0 spiro atoms. The van der Waals surface area contributed by atoms with Gasteiger partial charge in [-0.05, 0) is 32.0 Å². The molecule has 1 heterocycles. The van der Waals surface area contributed by atoms with Crippen LogP contribution in [0.15, 0.2) is 39.5 Å². The molecule has 2 aromatic rings. The molecule has 144 valence electrons. The number of carbonyl (C=O) groups excluding carboxylic acids is 3. The first-order valence-electron chi connectivity index (χ1n) is 8.24. The third-order valence-electron chi connectivity index (χ3n) is 3.31. The van der Waals surface area contributed by atoms with Gasteiger partial charge in [0.2, 0.25) is 6.04 Å². The molecule has 0 saturated carbocycles. The normalized spacial score (nSPS) is 10.5. The summed E-state index contributed by atoms with van der Waals surface area (Å²) in [7, 11) is 0. The Bertz CT molecular complexity index is 870. The van der Waals surface area contributed by atoms with E-state index < -0.39 is 36.1 Å². The van der Waals surface area contributed by atoms with Crippen molar-refractivity contribution < 1.29 is 33.0 Å². The van der Waals surface area contributed by atoms with Crippen LogP contribution in [0.2, 0.25) is 0 Å². The maximum Gasteiger partial charge on any atom is 0.340 e. The average Bonchev–Trinajstić information content (AvgIpc) is 2.64. The van der Waals surface area contributed by atoms with Gasteiger partial charge >= 0.3 is 17.6 Å². The number of ether oxygens (including phenoxy) is 3. The fourth-order valence-corrected chi connectivity index (χ4v) is 2.15. The van der Waals surface area contributed by atoms with E-state index in [1.54, 1.807) is 32.0 Å². The van der Waals surface area contributed by atoms with Crippen LogP contribution in [0.3, 0.4) is 0 Å². The molecule has 1 amide bonds. The summed E-state index contributed by atoms with van der Waals surface area (Å²) in [6.45, 7) is 2.76. The van der Waals surface area contributed by atoms with Gasteiger partial charge in [-0.25, -0.2) is 14.4 Å². The second kappa shape index (κ2) is 9.37. The van der Waals surface area contributed by atoms with Gasteiger partial charge in [-0.1, -0.05) is 0 Å². The highest BCUT2D eigenvalue weighted by Crippen LogP contribution is 2.19. The van der Waals surface area contributed by atoms with Crippen LogP contribution in [0.5, 0.6) is 5.75 Å². The number of benzene rings is 1. The topological polar surface area (TPSA) is 121 Å². The van der Waals surface area contributed by atoms with Crippen LogP contribution < -0.4 is 15.7 Å². The Balaban J connectivity index is 2.01. The molecule has 1 aromatic heterocycles. The standard InChI is InChI=1S/C18H19NO8/c1-3-24-17(22)16(18(23)25-4-2)19-14(20)10-26-12-7-5-11-6-8-15(21)27-13(11)9-12/h5-9,16H,3-4,10H2,1-2H3,(H,19,20). The van der Waals surface area contributed by atoms with E-state index >= 15 is 0 Å². The van der Waals surface area contributed by atoms with Gasteiger partial charge in [-0.15, -0.1) is 0 Å². The lowest BCUT2D eigenvalue weighted by Crippen LogP contribution is -2.49. The summed E-state index contributed by atoms with van der Waals surface area (Å²) in [5, 5.41) is 2.91. The van der Waals surface area contributed by atoms with Crippen LogP contribution in [0.4, 0.5) is 0 Å². The van der Waals surface area contributed by atoms with Crippen LogP contribution in [-0.4, -0.2) is 43.7 Å². The zero-order valence-corrected chi connectivity index (χ0v) is 14.9. The fraction of sp³-hybridized carbons (Fsp3) is 0.333. The van der Waals surface area contributed by atoms with E-state index in [1.807, 2.05) is 0 Å². The first-order chi connectivity index (χ1) is 12.9. The molecule has 9 nitrogen and oxygen atoms in total. The van der Waals surface area contributed by atoms with Crippen LogP contribution >= 0.6 is 0 Å². The lowest BCUT2D eigenvalue weighted by molar-refractivity contribution is -0.159. The quantitative estimate of drug-likeness (QED) is 0.407. The number of hydrogen-bond donors (Lipinski definition) is 1. The van der Waals surface area contributed by atoms with Gasteiger partial charge in [-0.3, -0.25) is 4.79 Å². The minimum atomic E-state index is -1.57. The van der Waals surface area contributed by atoms with Gasteiger partial charge in [0.15, 0.2) is 6.61 Å². The van der Waals surface area contributed by atoms with Crippen LogP contribution in [0, 0.1) is 0 Å². The first kappa shape index (κ1) is 20.0.